The highest BCUT2D eigenvalue weighted by atomic mass is 32.1. The van der Waals surface area contributed by atoms with Gasteiger partial charge in [-0.3, -0.25) is 0 Å². The van der Waals surface area contributed by atoms with Crippen molar-refractivity contribution in [1.82, 2.24) is 15.0 Å². The van der Waals surface area contributed by atoms with Crippen LogP contribution in [-0.4, -0.2) is 15.0 Å². The van der Waals surface area contributed by atoms with Crippen LogP contribution in [0.5, 0.6) is 0 Å². The molecule has 3 unspecified atom stereocenters. The lowest BCUT2D eigenvalue weighted by Crippen LogP contribution is -2.16. The van der Waals surface area contributed by atoms with Crippen molar-refractivity contribution in [2.75, 3.05) is 0 Å². The number of benzene rings is 6. The molecular weight excluding hydrogens is 783 g/mol. The first-order chi connectivity index (χ1) is 31.2. The third-order valence-corrected chi connectivity index (χ3v) is 14.4. The van der Waals surface area contributed by atoms with Crippen molar-refractivity contribution in [2.24, 2.45) is 5.92 Å². The zero-order valence-electron chi connectivity index (χ0n) is 34.7. The monoisotopic (exact) mass is 825 g/mol. The summed E-state index contributed by atoms with van der Waals surface area (Å²) in [6.07, 6.45) is 19.0. The van der Waals surface area contributed by atoms with Crippen LogP contribution < -0.4 is 0 Å². The predicted octanol–water partition coefficient (Wildman–Crippen LogP) is 15.8. The number of hydrogen-bond donors (Lipinski definition) is 0. The van der Waals surface area contributed by atoms with Gasteiger partial charge < -0.3 is 0 Å². The average molecular weight is 826 g/mol. The van der Waals surface area contributed by atoms with Gasteiger partial charge in [-0.15, -0.1) is 11.3 Å². The molecule has 3 nitrogen and oxygen atoms in total. The van der Waals surface area contributed by atoms with Crippen molar-refractivity contribution in [3.8, 4) is 56.2 Å². The molecule has 6 aromatic carbocycles. The van der Waals surface area contributed by atoms with Gasteiger partial charge in [0.15, 0.2) is 5.82 Å². The van der Waals surface area contributed by atoms with Gasteiger partial charge in [0.2, 0.25) is 0 Å². The van der Waals surface area contributed by atoms with E-state index < -0.39 is 0 Å². The van der Waals surface area contributed by atoms with Crippen LogP contribution in [0.2, 0.25) is 0 Å². The Hall–Kier alpha value is -7.27. The Labute approximate surface area is 372 Å². The summed E-state index contributed by atoms with van der Waals surface area (Å²) in [6.45, 7) is 0. The van der Waals surface area contributed by atoms with Crippen molar-refractivity contribution >= 4 is 43.2 Å². The highest BCUT2D eigenvalue weighted by molar-refractivity contribution is 7.26. The maximum atomic E-state index is 5.53. The number of rotatable bonds is 7. The molecule has 300 valence electrons. The maximum Gasteiger partial charge on any atom is 0.160 e. The summed E-state index contributed by atoms with van der Waals surface area (Å²) in [5.41, 5.74) is 15.9. The Morgan fingerprint density at radius 2 is 1.19 bits per heavy atom. The molecule has 0 radical (unpaired) electrons. The molecule has 3 aliphatic carbocycles. The minimum absolute atomic E-state index is 0.230. The number of fused-ring (bicyclic) bond motifs is 6. The van der Waals surface area contributed by atoms with Gasteiger partial charge >= 0.3 is 0 Å². The summed E-state index contributed by atoms with van der Waals surface area (Å²) < 4.78 is 2.58. The normalized spacial score (nSPS) is 17.7. The van der Waals surface area contributed by atoms with E-state index in [0.717, 1.165) is 70.1 Å². The van der Waals surface area contributed by atoms with E-state index in [1.807, 2.05) is 11.3 Å². The van der Waals surface area contributed by atoms with Crippen molar-refractivity contribution in [1.29, 1.82) is 0 Å². The second-order valence-electron chi connectivity index (χ2n) is 17.0. The van der Waals surface area contributed by atoms with Gasteiger partial charge in [-0.05, 0) is 101 Å². The van der Waals surface area contributed by atoms with Crippen molar-refractivity contribution in [3.63, 3.8) is 0 Å². The molecule has 0 saturated heterocycles. The molecule has 63 heavy (non-hydrogen) atoms. The lowest BCUT2D eigenvalue weighted by molar-refractivity contribution is 0.608. The Bertz CT molecular complexity index is 3320. The standard InChI is InChI=1S/C59H43N3S/c1-4-15-38(16-5-1)39-27-29-42(30-28-39)54-37-55(62-59(61-54)43-20-8-3-9-21-43)46-34-44(48-24-14-25-50-49-23-12-13-26-56(49)63-58(48)50)33-45(35-46)53-36-51(40-17-6-2-7-18-40)57-47-22-11-10-19-41(47)31-32-52(57)60-53/h1-27,31-37,41-42,47H,28-30H2. The first-order valence-electron chi connectivity index (χ1n) is 22.1. The summed E-state index contributed by atoms with van der Waals surface area (Å²) in [6, 6.07) is 59.2. The lowest BCUT2D eigenvalue weighted by Gasteiger charge is -2.29. The van der Waals surface area contributed by atoms with E-state index in [4.69, 9.17) is 15.0 Å². The quantitative estimate of drug-likeness (QED) is 0.161. The highest BCUT2D eigenvalue weighted by Crippen LogP contribution is 2.46. The Morgan fingerprint density at radius 3 is 1.97 bits per heavy atom. The summed E-state index contributed by atoms with van der Waals surface area (Å²) in [4.78, 5) is 16.3. The third-order valence-electron chi connectivity index (χ3n) is 13.2. The minimum atomic E-state index is 0.230. The van der Waals surface area contributed by atoms with E-state index in [1.165, 1.54) is 53.6 Å². The van der Waals surface area contributed by atoms with Crippen LogP contribution in [0.3, 0.4) is 0 Å². The molecule has 0 amide bonds. The van der Waals surface area contributed by atoms with Gasteiger partial charge in [0, 0.05) is 60.3 Å². The van der Waals surface area contributed by atoms with E-state index in [9.17, 15) is 0 Å². The van der Waals surface area contributed by atoms with Gasteiger partial charge in [-0.1, -0.05) is 164 Å². The third kappa shape index (κ3) is 6.97. The minimum Gasteiger partial charge on any atom is -0.248 e. The van der Waals surface area contributed by atoms with Crippen molar-refractivity contribution in [2.45, 2.75) is 31.1 Å². The van der Waals surface area contributed by atoms with Crippen LogP contribution in [0, 0.1) is 5.92 Å². The largest absolute Gasteiger partial charge is 0.248 e. The number of pyridine rings is 1. The van der Waals surface area contributed by atoms with Gasteiger partial charge in [0.1, 0.15) is 0 Å². The number of hydrogen-bond acceptors (Lipinski definition) is 4. The second kappa shape index (κ2) is 15.9. The molecule has 3 heterocycles. The van der Waals surface area contributed by atoms with Crippen molar-refractivity contribution in [3.05, 3.63) is 223 Å². The zero-order chi connectivity index (χ0) is 41.7. The Kier molecular flexibility index (Phi) is 9.45. The van der Waals surface area contributed by atoms with Gasteiger partial charge in [0.25, 0.3) is 0 Å². The van der Waals surface area contributed by atoms with Gasteiger partial charge in [-0.25, -0.2) is 15.0 Å². The average Bonchev–Trinajstić information content (AvgIpc) is 3.75. The second-order valence-corrected chi connectivity index (χ2v) is 18.0. The molecule has 0 aliphatic heterocycles. The van der Waals surface area contributed by atoms with Gasteiger partial charge in [-0.2, -0.15) is 0 Å². The predicted molar refractivity (Wildman–Crippen MR) is 264 cm³/mol. The molecule has 9 aromatic rings. The molecule has 0 bridgehead atoms. The summed E-state index contributed by atoms with van der Waals surface area (Å²) in [5, 5.41) is 2.57. The van der Waals surface area contributed by atoms with Crippen LogP contribution in [0.1, 0.15) is 53.6 Å². The molecule has 3 aliphatic rings. The van der Waals surface area contributed by atoms with E-state index in [0.29, 0.717) is 5.92 Å². The SMILES string of the molecule is C1=CC2C=Cc3nc(-c4cc(-c5cc(C6CC=C(c7ccccc7)CC6)nc(-c6ccccc6)n5)cc(-c5cccc6c5sc5ccccc56)c4)cc(-c4ccccc4)c3C2C=C1. The molecule has 0 spiro atoms. The molecule has 12 rings (SSSR count). The van der Waals surface area contributed by atoms with Crippen LogP contribution >= 0.6 is 11.3 Å². The Morgan fingerprint density at radius 1 is 0.508 bits per heavy atom. The summed E-state index contributed by atoms with van der Waals surface area (Å²) in [7, 11) is 0. The summed E-state index contributed by atoms with van der Waals surface area (Å²) in [5.74, 6) is 1.58. The first-order valence-corrected chi connectivity index (χ1v) is 22.9. The molecule has 0 saturated carbocycles. The highest BCUT2D eigenvalue weighted by Gasteiger charge is 2.29. The van der Waals surface area contributed by atoms with E-state index in [1.54, 1.807) is 0 Å². The molecule has 3 atom stereocenters. The lowest BCUT2D eigenvalue weighted by atomic mass is 9.75. The number of nitrogens with zero attached hydrogens (tertiary/aromatic N) is 3. The molecule has 3 aromatic heterocycles. The number of thiophene rings is 1. The number of aromatic nitrogens is 3. The fraction of sp³-hybridized carbons (Fsp3) is 0.102. The molecule has 0 N–H and O–H groups in total. The van der Waals surface area contributed by atoms with Gasteiger partial charge in [0.05, 0.1) is 17.1 Å². The topological polar surface area (TPSA) is 38.7 Å². The summed E-state index contributed by atoms with van der Waals surface area (Å²) >= 11 is 1.87. The van der Waals surface area contributed by atoms with E-state index >= 15 is 0 Å². The van der Waals surface area contributed by atoms with Crippen LogP contribution in [0.15, 0.2) is 200 Å². The zero-order valence-corrected chi connectivity index (χ0v) is 35.5. The fourth-order valence-electron chi connectivity index (χ4n) is 9.97. The smallest absolute Gasteiger partial charge is 0.160 e. The molecule has 0 fully saturated rings. The van der Waals surface area contributed by atoms with Crippen LogP contribution in [-0.2, 0) is 0 Å². The first kappa shape index (κ1) is 37.5. The maximum absolute atomic E-state index is 5.53. The Balaban J connectivity index is 1.07. The number of allylic oxidation sites excluding steroid dienone is 7. The van der Waals surface area contributed by atoms with Crippen molar-refractivity contribution < 1.29 is 0 Å². The van der Waals surface area contributed by atoms with Crippen LogP contribution in [0.25, 0.3) is 88.0 Å². The fourth-order valence-corrected chi connectivity index (χ4v) is 11.2. The van der Waals surface area contributed by atoms with Crippen LogP contribution in [0.4, 0.5) is 0 Å². The van der Waals surface area contributed by atoms with E-state index in [-0.39, 0.29) is 11.8 Å². The molecular formula is C59H43N3S. The van der Waals surface area contributed by atoms with E-state index in [2.05, 4.69) is 206 Å². The molecule has 4 heteroatoms.